The number of ether oxygens (including phenoxy) is 1. The Bertz CT molecular complexity index is 623. The molecule has 0 spiro atoms. The van der Waals surface area contributed by atoms with Crippen LogP contribution in [0.4, 0.5) is 74.6 Å². The molecule has 0 aromatic rings. The third-order valence-electron chi connectivity index (χ3n) is 3.68. The highest BCUT2D eigenvalue weighted by Gasteiger charge is 2.95. The number of aliphatic hydroxyl groups is 1. The lowest BCUT2D eigenvalue weighted by Gasteiger charge is -2.43. The quantitative estimate of drug-likeness (QED) is 0.401. The van der Waals surface area contributed by atoms with Gasteiger partial charge in [-0.05, 0) is 6.92 Å². The summed E-state index contributed by atoms with van der Waals surface area (Å²) in [4.78, 5) is 0. The van der Waals surface area contributed by atoms with Crippen molar-refractivity contribution < 1.29 is 84.5 Å². The van der Waals surface area contributed by atoms with Crippen molar-refractivity contribution in [2.75, 3.05) is 13.2 Å². The predicted molar refractivity (Wildman–Crippen MR) is 63.2 cm³/mol. The number of alkyl halides is 17. The summed E-state index contributed by atoms with van der Waals surface area (Å²) >= 11 is 0. The summed E-state index contributed by atoms with van der Waals surface area (Å²) in [5, 5.41) is 8.45. The Morgan fingerprint density at radius 2 is 0.839 bits per heavy atom. The van der Waals surface area contributed by atoms with Crippen LogP contribution < -0.4 is 0 Å². The third-order valence-corrected chi connectivity index (χ3v) is 3.68. The molecule has 0 aliphatic rings. The van der Waals surface area contributed by atoms with Crippen LogP contribution in [0.2, 0.25) is 0 Å². The summed E-state index contributed by atoms with van der Waals surface area (Å²) in [6.07, 6.45) is -11.6. The highest BCUT2D eigenvalue weighted by atomic mass is 19.4. The average molecular weight is 508 g/mol. The number of aliphatic hydroxyl groups excluding tert-OH is 1. The van der Waals surface area contributed by atoms with Crippen molar-refractivity contribution in [1.82, 2.24) is 0 Å². The molecule has 0 aromatic heterocycles. The van der Waals surface area contributed by atoms with Crippen molar-refractivity contribution in [2.45, 2.75) is 60.7 Å². The van der Waals surface area contributed by atoms with Gasteiger partial charge in [0.2, 0.25) is 0 Å². The van der Waals surface area contributed by atoms with Crippen molar-refractivity contribution in [3.63, 3.8) is 0 Å². The second-order valence-electron chi connectivity index (χ2n) is 5.69. The maximum Gasteiger partial charge on any atom is 0.460 e. The summed E-state index contributed by atoms with van der Waals surface area (Å²) in [6.45, 7) is -2.79. The first kappa shape index (κ1) is 29.7. The van der Waals surface area contributed by atoms with Gasteiger partial charge in [0.15, 0.2) is 6.10 Å². The zero-order valence-electron chi connectivity index (χ0n) is 14.3. The van der Waals surface area contributed by atoms with E-state index >= 15 is 0 Å². The summed E-state index contributed by atoms with van der Waals surface area (Å²) in [6, 6.07) is 0. The van der Waals surface area contributed by atoms with Crippen LogP contribution in [0.1, 0.15) is 6.92 Å². The van der Waals surface area contributed by atoms with E-state index in [1.165, 1.54) is 0 Å². The molecule has 31 heavy (non-hydrogen) atoms. The molecule has 0 amide bonds. The highest BCUT2D eigenvalue weighted by Crippen LogP contribution is 2.64. The third kappa shape index (κ3) is 3.88. The molecular weight excluding hydrogens is 499 g/mol. The molecule has 0 radical (unpaired) electrons. The van der Waals surface area contributed by atoms with Crippen LogP contribution in [0, 0.1) is 0 Å². The molecule has 188 valence electrons. The second-order valence-corrected chi connectivity index (χ2v) is 5.69. The van der Waals surface area contributed by atoms with Gasteiger partial charge >= 0.3 is 47.6 Å². The van der Waals surface area contributed by atoms with Gasteiger partial charge in [0.05, 0.1) is 6.61 Å². The van der Waals surface area contributed by atoms with Gasteiger partial charge in [-0.2, -0.15) is 74.6 Å². The molecule has 0 rings (SSSR count). The molecule has 1 unspecified atom stereocenters. The van der Waals surface area contributed by atoms with Gasteiger partial charge < -0.3 is 9.84 Å². The van der Waals surface area contributed by atoms with E-state index in [1.54, 1.807) is 0 Å². The summed E-state index contributed by atoms with van der Waals surface area (Å²) in [5.74, 6) is -57.1. The Morgan fingerprint density at radius 3 is 1.10 bits per heavy atom. The Morgan fingerprint density at radius 1 is 0.548 bits per heavy atom. The number of halogens is 17. The molecule has 0 saturated carbocycles. The van der Waals surface area contributed by atoms with E-state index in [2.05, 4.69) is 4.74 Å². The van der Waals surface area contributed by atoms with Crippen LogP contribution in [-0.4, -0.2) is 72.1 Å². The van der Waals surface area contributed by atoms with Gasteiger partial charge in [-0.3, -0.25) is 0 Å². The van der Waals surface area contributed by atoms with E-state index in [0.29, 0.717) is 6.92 Å². The van der Waals surface area contributed by atoms with E-state index in [4.69, 9.17) is 5.11 Å². The van der Waals surface area contributed by atoms with E-state index in [-0.39, 0.29) is 0 Å². The van der Waals surface area contributed by atoms with E-state index in [1.807, 2.05) is 0 Å². The van der Waals surface area contributed by atoms with Crippen molar-refractivity contribution in [2.24, 2.45) is 0 Å². The topological polar surface area (TPSA) is 29.5 Å². The average Bonchev–Trinajstić information content (AvgIpc) is 2.57. The maximum absolute atomic E-state index is 13.6. The summed E-state index contributed by atoms with van der Waals surface area (Å²) < 4.78 is 225. The molecule has 0 aliphatic carbocycles. The Labute approximate surface area is 159 Å². The minimum Gasteiger partial charge on any atom is -0.393 e. The van der Waals surface area contributed by atoms with E-state index < -0.39 is 67.0 Å². The SMILES string of the molecule is CCOC(CO)C(F)(F)C(F)(F)C(F)(F)C(F)(F)C(F)(F)C(F)(F)C(F)(F)C(F)(F)F. The van der Waals surface area contributed by atoms with Crippen LogP contribution >= 0.6 is 0 Å². The minimum atomic E-state index is -8.68. The molecule has 1 atom stereocenters. The van der Waals surface area contributed by atoms with Crippen molar-refractivity contribution in [1.29, 1.82) is 0 Å². The first-order valence-electron chi connectivity index (χ1n) is 7.21. The number of hydrogen-bond donors (Lipinski definition) is 1. The molecular formula is C12H9F17O2. The molecule has 0 fully saturated rings. The second kappa shape index (κ2) is 7.95. The number of rotatable bonds is 10. The molecule has 1 N–H and O–H groups in total. The van der Waals surface area contributed by atoms with Gasteiger partial charge in [-0.1, -0.05) is 0 Å². The van der Waals surface area contributed by atoms with Crippen LogP contribution in [0.25, 0.3) is 0 Å². The van der Waals surface area contributed by atoms with E-state index in [0.717, 1.165) is 0 Å². The highest BCUT2D eigenvalue weighted by molar-refractivity contribution is 5.15. The van der Waals surface area contributed by atoms with Crippen molar-refractivity contribution >= 4 is 0 Å². The largest absolute Gasteiger partial charge is 0.460 e. The first-order chi connectivity index (χ1) is 13.3. The van der Waals surface area contributed by atoms with Gasteiger partial charge in [0.25, 0.3) is 0 Å². The Hall–Kier alpha value is -1.27. The molecule has 0 heterocycles. The maximum atomic E-state index is 13.6. The smallest absolute Gasteiger partial charge is 0.393 e. The van der Waals surface area contributed by atoms with Crippen molar-refractivity contribution in [3.8, 4) is 0 Å². The fraction of sp³-hybridized carbons (Fsp3) is 1.00. The van der Waals surface area contributed by atoms with Crippen molar-refractivity contribution in [3.05, 3.63) is 0 Å². The number of hydrogen-bond acceptors (Lipinski definition) is 2. The lowest BCUT2D eigenvalue weighted by molar-refractivity contribution is -0.464. The fourth-order valence-corrected chi connectivity index (χ4v) is 1.85. The molecule has 0 aliphatic heterocycles. The van der Waals surface area contributed by atoms with Gasteiger partial charge in [-0.15, -0.1) is 0 Å². The molecule has 19 heteroatoms. The van der Waals surface area contributed by atoms with Gasteiger partial charge in [0, 0.05) is 6.61 Å². The summed E-state index contributed by atoms with van der Waals surface area (Å²) in [7, 11) is 0. The monoisotopic (exact) mass is 508 g/mol. The summed E-state index contributed by atoms with van der Waals surface area (Å²) in [5.41, 5.74) is 0. The molecule has 0 bridgehead atoms. The van der Waals surface area contributed by atoms with Crippen LogP contribution in [0.3, 0.4) is 0 Å². The minimum absolute atomic E-state index is 0.692. The van der Waals surface area contributed by atoms with Crippen LogP contribution in [-0.2, 0) is 4.74 Å². The molecule has 2 nitrogen and oxygen atoms in total. The lowest BCUT2D eigenvalue weighted by Crippen LogP contribution is -2.75. The van der Waals surface area contributed by atoms with Crippen LogP contribution in [0.15, 0.2) is 0 Å². The first-order valence-corrected chi connectivity index (χ1v) is 7.21. The van der Waals surface area contributed by atoms with E-state index in [9.17, 15) is 74.6 Å². The predicted octanol–water partition coefficient (Wildman–Crippen LogP) is 5.39. The zero-order valence-corrected chi connectivity index (χ0v) is 14.3. The lowest BCUT2D eigenvalue weighted by atomic mass is 9.87. The zero-order chi connectivity index (χ0) is 25.7. The van der Waals surface area contributed by atoms with Crippen LogP contribution in [0.5, 0.6) is 0 Å². The Kier molecular flexibility index (Phi) is 7.62. The molecule has 0 aromatic carbocycles. The van der Waals surface area contributed by atoms with Gasteiger partial charge in [0.1, 0.15) is 0 Å². The normalized spacial score (nSPS) is 17.1. The molecule has 0 saturated heterocycles. The fourth-order valence-electron chi connectivity index (χ4n) is 1.85. The standard InChI is InChI=1S/C12H9F17O2/c1-2-31-4(3-30)5(13,14)6(15,16)7(17,18)8(19,20)9(21,22)10(23,24)11(25,26)12(27,28)29/h4,30H,2-3H2,1H3. The Balaban J connectivity index is 6.76. The van der Waals surface area contributed by atoms with Gasteiger partial charge in [-0.25, -0.2) is 0 Å².